The van der Waals surface area contributed by atoms with Crippen molar-refractivity contribution in [1.29, 1.82) is 0 Å². The first-order valence-electron chi connectivity index (χ1n) is 6.23. The Kier molecular flexibility index (Phi) is 2.96. The normalized spacial score (nSPS) is 15.8. The molecule has 0 saturated heterocycles. The topological polar surface area (TPSA) is 9.23 Å². The maximum Gasteiger partial charge on any atom is 0.122 e. The Labute approximate surface area is 98.8 Å². The fourth-order valence-corrected chi connectivity index (χ4v) is 2.73. The molecule has 0 spiro atoms. The molecule has 0 fully saturated rings. The summed E-state index contributed by atoms with van der Waals surface area (Å²) < 4.78 is 5.48. The Balaban J connectivity index is 2.57. The van der Waals surface area contributed by atoms with Gasteiger partial charge in [0.15, 0.2) is 0 Å². The van der Waals surface area contributed by atoms with E-state index in [2.05, 4.69) is 32.9 Å². The van der Waals surface area contributed by atoms with Crippen LogP contribution in [0.1, 0.15) is 50.3 Å². The van der Waals surface area contributed by atoms with E-state index in [1.165, 1.54) is 36.8 Å². The molecule has 0 amide bonds. The number of ether oxygens (including phenoxy) is 1. The highest BCUT2D eigenvalue weighted by Crippen LogP contribution is 2.37. The van der Waals surface area contributed by atoms with E-state index in [-0.39, 0.29) is 5.41 Å². The quantitative estimate of drug-likeness (QED) is 0.695. The molecule has 0 atom stereocenters. The first-order chi connectivity index (χ1) is 7.54. The lowest BCUT2D eigenvalue weighted by atomic mass is 9.78. The monoisotopic (exact) mass is 218 g/mol. The summed E-state index contributed by atoms with van der Waals surface area (Å²) in [6.45, 7) is 6.89. The van der Waals surface area contributed by atoms with Gasteiger partial charge in [-0.2, -0.15) is 0 Å². The number of hydrogen-bond donors (Lipinski definition) is 0. The van der Waals surface area contributed by atoms with E-state index in [1.54, 1.807) is 12.7 Å². The average Bonchev–Trinajstić information content (AvgIpc) is 2.26. The molecule has 0 bridgehead atoms. The van der Waals surface area contributed by atoms with Crippen molar-refractivity contribution in [3.05, 3.63) is 28.8 Å². The Hall–Kier alpha value is -0.980. The standard InChI is InChI=1S/C15H22O/c1-15(2,3)13-9-10-14(16-4)12-8-6-5-7-11(12)13/h9-10H,5-8H2,1-4H3. The van der Waals surface area contributed by atoms with Crippen LogP contribution in [0.25, 0.3) is 0 Å². The molecule has 1 heteroatoms. The summed E-state index contributed by atoms with van der Waals surface area (Å²) in [6.07, 6.45) is 5.03. The largest absolute Gasteiger partial charge is 0.496 e. The predicted octanol–water partition coefficient (Wildman–Crippen LogP) is 3.87. The Morgan fingerprint density at radius 1 is 1.00 bits per heavy atom. The average molecular weight is 218 g/mol. The molecule has 0 N–H and O–H groups in total. The molecule has 16 heavy (non-hydrogen) atoms. The van der Waals surface area contributed by atoms with Gasteiger partial charge in [0.25, 0.3) is 0 Å². The molecule has 1 aliphatic rings. The van der Waals surface area contributed by atoms with Crippen LogP contribution < -0.4 is 4.74 Å². The molecule has 1 aromatic rings. The van der Waals surface area contributed by atoms with Gasteiger partial charge in [-0.15, -0.1) is 0 Å². The van der Waals surface area contributed by atoms with Crippen LogP contribution in [0.15, 0.2) is 12.1 Å². The minimum atomic E-state index is 0.244. The van der Waals surface area contributed by atoms with E-state index in [0.29, 0.717) is 0 Å². The lowest BCUT2D eigenvalue weighted by Crippen LogP contribution is -2.18. The second-order valence-corrected chi connectivity index (χ2v) is 5.73. The number of rotatable bonds is 1. The van der Waals surface area contributed by atoms with Crippen LogP contribution in [0.5, 0.6) is 5.75 Å². The summed E-state index contributed by atoms with van der Waals surface area (Å²) in [5.41, 5.74) is 4.76. The van der Waals surface area contributed by atoms with E-state index in [4.69, 9.17) is 4.74 Å². The highest BCUT2D eigenvalue weighted by Gasteiger charge is 2.23. The number of benzene rings is 1. The molecule has 0 heterocycles. The van der Waals surface area contributed by atoms with Crippen molar-refractivity contribution in [3.63, 3.8) is 0 Å². The maximum atomic E-state index is 5.48. The first-order valence-corrected chi connectivity index (χ1v) is 6.23. The van der Waals surface area contributed by atoms with Gasteiger partial charge in [-0.1, -0.05) is 26.8 Å². The zero-order chi connectivity index (χ0) is 11.8. The van der Waals surface area contributed by atoms with Crippen LogP contribution in [0, 0.1) is 0 Å². The van der Waals surface area contributed by atoms with Crippen LogP contribution in [0.3, 0.4) is 0 Å². The molecule has 0 saturated carbocycles. The smallest absolute Gasteiger partial charge is 0.122 e. The fraction of sp³-hybridized carbons (Fsp3) is 0.600. The minimum Gasteiger partial charge on any atom is -0.496 e. The third kappa shape index (κ3) is 1.95. The minimum absolute atomic E-state index is 0.244. The number of hydrogen-bond acceptors (Lipinski definition) is 1. The van der Waals surface area contributed by atoms with Gasteiger partial charge in [0.1, 0.15) is 5.75 Å². The summed E-state index contributed by atoms with van der Waals surface area (Å²) in [6, 6.07) is 4.40. The van der Waals surface area contributed by atoms with Crippen molar-refractivity contribution in [2.75, 3.05) is 7.11 Å². The van der Waals surface area contributed by atoms with Crippen molar-refractivity contribution in [1.82, 2.24) is 0 Å². The summed E-state index contributed by atoms with van der Waals surface area (Å²) >= 11 is 0. The summed E-state index contributed by atoms with van der Waals surface area (Å²) in [7, 11) is 1.78. The second kappa shape index (κ2) is 4.12. The van der Waals surface area contributed by atoms with Gasteiger partial charge in [0, 0.05) is 0 Å². The van der Waals surface area contributed by atoms with Crippen molar-refractivity contribution in [3.8, 4) is 5.75 Å². The summed E-state index contributed by atoms with van der Waals surface area (Å²) in [5, 5.41) is 0. The third-order valence-corrected chi connectivity index (χ3v) is 3.52. The van der Waals surface area contributed by atoms with Crippen LogP contribution in [0.4, 0.5) is 0 Å². The highest BCUT2D eigenvalue weighted by atomic mass is 16.5. The van der Waals surface area contributed by atoms with Crippen LogP contribution in [0.2, 0.25) is 0 Å². The van der Waals surface area contributed by atoms with Gasteiger partial charge < -0.3 is 4.74 Å². The van der Waals surface area contributed by atoms with Gasteiger partial charge in [0.05, 0.1) is 7.11 Å². The molecule has 88 valence electrons. The van der Waals surface area contributed by atoms with Crippen LogP contribution in [-0.4, -0.2) is 7.11 Å². The van der Waals surface area contributed by atoms with E-state index in [0.717, 1.165) is 5.75 Å². The van der Waals surface area contributed by atoms with Gasteiger partial charge >= 0.3 is 0 Å². The van der Waals surface area contributed by atoms with E-state index >= 15 is 0 Å². The summed E-state index contributed by atoms with van der Waals surface area (Å²) in [4.78, 5) is 0. The first kappa shape index (κ1) is 11.5. The summed E-state index contributed by atoms with van der Waals surface area (Å²) in [5.74, 6) is 1.09. The Morgan fingerprint density at radius 2 is 1.62 bits per heavy atom. The lowest BCUT2D eigenvalue weighted by molar-refractivity contribution is 0.404. The van der Waals surface area contributed by atoms with Gasteiger partial charge in [-0.3, -0.25) is 0 Å². The fourth-order valence-electron chi connectivity index (χ4n) is 2.73. The maximum absolute atomic E-state index is 5.48. The van der Waals surface area contributed by atoms with Crippen molar-refractivity contribution >= 4 is 0 Å². The Morgan fingerprint density at radius 3 is 2.19 bits per heavy atom. The van der Waals surface area contributed by atoms with E-state index < -0.39 is 0 Å². The number of fused-ring (bicyclic) bond motifs is 1. The zero-order valence-electron chi connectivity index (χ0n) is 10.9. The van der Waals surface area contributed by atoms with E-state index in [1.807, 2.05) is 0 Å². The van der Waals surface area contributed by atoms with E-state index in [9.17, 15) is 0 Å². The van der Waals surface area contributed by atoms with Crippen molar-refractivity contribution in [2.45, 2.75) is 51.9 Å². The van der Waals surface area contributed by atoms with Crippen molar-refractivity contribution < 1.29 is 4.74 Å². The third-order valence-electron chi connectivity index (χ3n) is 3.52. The molecule has 0 unspecified atom stereocenters. The van der Waals surface area contributed by atoms with Gasteiger partial charge in [-0.25, -0.2) is 0 Å². The van der Waals surface area contributed by atoms with Crippen LogP contribution >= 0.6 is 0 Å². The van der Waals surface area contributed by atoms with Gasteiger partial charge in [0.2, 0.25) is 0 Å². The molecule has 0 radical (unpaired) electrons. The van der Waals surface area contributed by atoms with Crippen molar-refractivity contribution in [2.24, 2.45) is 0 Å². The molecule has 2 rings (SSSR count). The predicted molar refractivity (Wildman–Crippen MR) is 68.3 cm³/mol. The lowest BCUT2D eigenvalue weighted by Gasteiger charge is -2.28. The molecule has 1 aromatic carbocycles. The zero-order valence-corrected chi connectivity index (χ0v) is 10.9. The van der Waals surface area contributed by atoms with Crippen LogP contribution in [-0.2, 0) is 18.3 Å². The highest BCUT2D eigenvalue weighted by molar-refractivity contribution is 5.48. The molecule has 0 aliphatic heterocycles. The molecular formula is C15H22O. The molecule has 1 aliphatic carbocycles. The number of methoxy groups -OCH3 is 1. The van der Waals surface area contributed by atoms with Gasteiger partial charge in [-0.05, 0) is 53.9 Å². The second-order valence-electron chi connectivity index (χ2n) is 5.73. The molecular weight excluding hydrogens is 196 g/mol. The SMILES string of the molecule is COc1ccc(C(C)(C)C)c2c1CCCC2. The Bertz CT molecular complexity index is 385. The molecule has 0 aromatic heterocycles. The molecule has 1 nitrogen and oxygen atoms in total.